The highest BCUT2D eigenvalue weighted by Gasteiger charge is 2.30. The summed E-state index contributed by atoms with van der Waals surface area (Å²) in [6, 6.07) is 10.9. The Balaban J connectivity index is 1.64. The minimum Gasteiger partial charge on any atom is -0.493 e. The maximum atomic E-state index is 12.9. The van der Waals surface area contributed by atoms with E-state index in [1.807, 2.05) is 6.07 Å². The molecule has 0 radical (unpaired) electrons. The summed E-state index contributed by atoms with van der Waals surface area (Å²) >= 11 is 0. The molecule has 3 rings (SSSR count). The lowest BCUT2D eigenvalue weighted by Crippen LogP contribution is -2.41. The minimum atomic E-state index is -4.53. The van der Waals surface area contributed by atoms with Gasteiger partial charge in [0.05, 0.1) is 12.7 Å². The molecule has 196 valence electrons. The zero-order chi connectivity index (χ0) is 27.0. The maximum Gasteiger partial charge on any atom is 0.416 e. The number of methoxy groups -OCH3 is 1. The van der Waals surface area contributed by atoms with Gasteiger partial charge in [-0.3, -0.25) is 9.59 Å². The quantitative estimate of drug-likeness (QED) is 0.366. The van der Waals surface area contributed by atoms with Gasteiger partial charge in [0.1, 0.15) is 11.6 Å². The highest BCUT2D eigenvalue weighted by Crippen LogP contribution is 2.31. The topological polar surface area (TPSA) is 100 Å². The van der Waals surface area contributed by atoms with Crippen molar-refractivity contribution in [2.45, 2.75) is 44.8 Å². The summed E-state index contributed by atoms with van der Waals surface area (Å²) in [6.07, 6.45) is 1.00. The molecule has 37 heavy (non-hydrogen) atoms. The second-order valence-electron chi connectivity index (χ2n) is 8.84. The molecule has 2 amide bonds. The number of hydrogen-bond acceptors (Lipinski definition) is 5. The van der Waals surface area contributed by atoms with Gasteiger partial charge >= 0.3 is 6.18 Å². The molecule has 2 atom stereocenters. The van der Waals surface area contributed by atoms with Crippen LogP contribution in [-0.2, 0) is 15.8 Å². The molecule has 1 saturated carbocycles. The zero-order valence-electron chi connectivity index (χ0n) is 20.5. The molecule has 0 heterocycles. The Morgan fingerprint density at radius 3 is 2.57 bits per heavy atom. The smallest absolute Gasteiger partial charge is 0.416 e. The van der Waals surface area contributed by atoms with Crippen LogP contribution in [-0.4, -0.2) is 31.6 Å². The van der Waals surface area contributed by atoms with Crippen LogP contribution in [0.2, 0.25) is 0 Å². The van der Waals surface area contributed by atoms with E-state index >= 15 is 0 Å². The summed E-state index contributed by atoms with van der Waals surface area (Å²) in [5.74, 6) is -0.297. The Bertz CT molecular complexity index is 1200. The third-order valence-electron chi connectivity index (χ3n) is 6.12. The van der Waals surface area contributed by atoms with Crippen LogP contribution in [0.5, 0.6) is 11.5 Å². The molecule has 0 bridgehead atoms. The van der Waals surface area contributed by atoms with Gasteiger partial charge in [-0.25, -0.2) is 0 Å². The average Bonchev–Trinajstić information content (AvgIpc) is 2.87. The van der Waals surface area contributed by atoms with Crippen molar-refractivity contribution in [1.82, 2.24) is 5.32 Å². The van der Waals surface area contributed by atoms with E-state index in [0.717, 1.165) is 37.8 Å². The molecule has 7 nitrogen and oxygen atoms in total. The number of alkyl halides is 3. The van der Waals surface area contributed by atoms with Crippen LogP contribution < -0.4 is 20.1 Å². The maximum absolute atomic E-state index is 12.9. The summed E-state index contributed by atoms with van der Waals surface area (Å²) in [4.78, 5) is 24.9. The zero-order valence-corrected chi connectivity index (χ0v) is 20.5. The van der Waals surface area contributed by atoms with Gasteiger partial charge in [0.15, 0.2) is 18.1 Å². The molecular weight excluding hydrogens is 487 g/mol. The molecule has 10 heteroatoms. The molecule has 1 aliphatic carbocycles. The molecular formula is C27H28F3N3O4. The van der Waals surface area contributed by atoms with E-state index in [1.165, 1.54) is 31.4 Å². The fourth-order valence-electron chi connectivity index (χ4n) is 4.10. The Labute approximate surface area is 213 Å². The van der Waals surface area contributed by atoms with E-state index in [2.05, 4.69) is 17.6 Å². The predicted molar refractivity (Wildman–Crippen MR) is 132 cm³/mol. The highest BCUT2D eigenvalue weighted by molar-refractivity contribution is 6.02. The van der Waals surface area contributed by atoms with Crippen molar-refractivity contribution in [3.63, 3.8) is 0 Å². The molecule has 0 spiro atoms. The van der Waals surface area contributed by atoms with Gasteiger partial charge in [0.2, 0.25) is 0 Å². The number of carbonyl (C=O) groups excluding carboxylic acids is 2. The van der Waals surface area contributed by atoms with Crippen molar-refractivity contribution < 1.29 is 32.2 Å². The summed E-state index contributed by atoms with van der Waals surface area (Å²) in [6.45, 7) is 1.61. The van der Waals surface area contributed by atoms with Gasteiger partial charge in [0, 0.05) is 11.7 Å². The Hall–Kier alpha value is -4.00. The molecule has 2 N–H and O–H groups in total. The molecule has 2 aromatic carbocycles. The second kappa shape index (κ2) is 12.3. The fourth-order valence-corrected chi connectivity index (χ4v) is 4.10. The monoisotopic (exact) mass is 515 g/mol. The molecule has 1 aliphatic rings. The van der Waals surface area contributed by atoms with Crippen molar-refractivity contribution in [1.29, 1.82) is 5.26 Å². The Morgan fingerprint density at radius 2 is 1.89 bits per heavy atom. The third kappa shape index (κ3) is 7.74. The normalized spacial score (nSPS) is 17.9. The SMILES string of the molecule is COc1cc(/C=C(\C#N)C(=O)NC2CCCCC2C)ccc1OCC(=O)Nc1cccc(C(F)(F)F)c1. The summed E-state index contributed by atoms with van der Waals surface area (Å²) in [5.41, 5.74) is -0.425. The largest absolute Gasteiger partial charge is 0.493 e. The second-order valence-corrected chi connectivity index (χ2v) is 8.84. The molecule has 2 unspecified atom stereocenters. The number of hydrogen-bond donors (Lipinski definition) is 2. The summed E-state index contributed by atoms with van der Waals surface area (Å²) in [7, 11) is 1.39. The third-order valence-corrected chi connectivity index (χ3v) is 6.12. The number of nitrogens with zero attached hydrogens (tertiary/aromatic N) is 1. The van der Waals surface area contributed by atoms with Crippen LogP contribution >= 0.6 is 0 Å². The lowest BCUT2D eigenvalue weighted by Gasteiger charge is -2.29. The van der Waals surface area contributed by atoms with Crippen LogP contribution in [0.3, 0.4) is 0 Å². The van der Waals surface area contributed by atoms with Crippen LogP contribution in [0.1, 0.15) is 43.7 Å². The van der Waals surface area contributed by atoms with Gasteiger partial charge in [-0.2, -0.15) is 18.4 Å². The lowest BCUT2D eigenvalue weighted by atomic mass is 9.86. The van der Waals surface area contributed by atoms with E-state index in [0.29, 0.717) is 11.5 Å². The number of halogens is 3. The molecule has 2 aromatic rings. The number of nitriles is 1. The number of carbonyl (C=O) groups is 2. The average molecular weight is 516 g/mol. The van der Waals surface area contributed by atoms with Crippen molar-refractivity contribution in [2.24, 2.45) is 5.92 Å². The van der Waals surface area contributed by atoms with Crippen molar-refractivity contribution >= 4 is 23.6 Å². The number of nitrogens with one attached hydrogen (secondary N) is 2. The summed E-state index contributed by atoms with van der Waals surface area (Å²) < 4.78 is 49.4. The van der Waals surface area contributed by atoms with Crippen LogP contribution in [0.4, 0.5) is 18.9 Å². The van der Waals surface area contributed by atoms with E-state index in [4.69, 9.17) is 9.47 Å². The van der Waals surface area contributed by atoms with Crippen molar-refractivity contribution in [3.8, 4) is 17.6 Å². The van der Waals surface area contributed by atoms with E-state index < -0.39 is 30.2 Å². The first-order chi connectivity index (χ1) is 17.6. The van der Waals surface area contributed by atoms with Crippen molar-refractivity contribution in [3.05, 3.63) is 59.2 Å². The van der Waals surface area contributed by atoms with Gasteiger partial charge in [0.25, 0.3) is 11.8 Å². The van der Waals surface area contributed by atoms with Gasteiger partial charge in [-0.1, -0.05) is 31.9 Å². The number of ether oxygens (including phenoxy) is 2. The Morgan fingerprint density at radius 1 is 1.14 bits per heavy atom. The number of anilines is 1. The first-order valence-corrected chi connectivity index (χ1v) is 11.8. The molecule has 0 aromatic heterocycles. The van der Waals surface area contributed by atoms with Crippen LogP contribution in [0.15, 0.2) is 48.0 Å². The molecule has 1 fully saturated rings. The van der Waals surface area contributed by atoms with Crippen LogP contribution in [0.25, 0.3) is 6.08 Å². The van der Waals surface area contributed by atoms with Gasteiger partial charge in [-0.05, 0) is 60.7 Å². The first kappa shape index (κ1) is 27.6. The Kier molecular flexibility index (Phi) is 9.17. The predicted octanol–water partition coefficient (Wildman–Crippen LogP) is 5.33. The lowest BCUT2D eigenvalue weighted by molar-refractivity contribution is -0.137. The van der Waals surface area contributed by atoms with Crippen molar-refractivity contribution in [2.75, 3.05) is 19.0 Å². The van der Waals surface area contributed by atoms with E-state index in [-0.39, 0.29) is 28.8 Å². The highest BCUT2D eigenvalue weighted by atomic mass is 19.4. The van der Waals surface area contributed by atoms with E-state index in [1.54, 1.807) is 12.1 Å². The first-order valence-electron chi connectivity index (χ1n) is 11.8. The fraction of sp³-hybridized carbons (Fsp3) is 0.370. The summed E-state index contributed by atoms with van der Waals surface area (Å²) in [5, 5.41) is 14.8. The van der Waals surface area contributed by atoms with Gasteiger partial charge in [-0.15, -0.1) is 0 Å². The molecule has 0 saturated heterocycles. The van der Waals surface area contributed by atoms with Crippen LogP contribution in [0, 0.1) is 17.2 Å². The number of rotatable bonds is 8. The molecule has 0 aliphatic heterocycles. The number of amides is 2. The minimum absolute atomic E-state index is 0.0131. The standard InChI is InChI=1S/C27H28F3N3O4/c1-17-6-3-4-9-22(17)33-26(35)19(15-31)12-18-10-11-23(24(13-18)36-2)37-16-25(34)32-21-8-5-7-20(14-21)27(28,29)30/h5,7-8,10-14,17,22H,3-4,6,9,16H2,1-2H3,(H,32,34)(H,33,35)/b19-12+. The number of benzene rings is 2. The van der Waals surface area contributed by atoms with E-state index in [9.17, 15) is 28.0 Å². The van der Waals surface area contributed by atoms with Gasteiger partial charge < -0.3 is 20.1 Å².